The van der Waals surface area contributed by atoms with E-state index in [-0.39, 0.29) is 11.6 Å². The van der Waals surface area contributed by atoms with Gasteiger partial charge in [0.25, 0.3) is 11.8 Å². The number of ether oxygens (including phenoxy) is 1. The van der Waals surface area contributed by atoms with Gasteiger partial charge in [0.05, 0.1) is 17.9 Å². The molecule has 6 rings (SSSR count). The lowest BCUT2D eigenvalue weighted by Crippen LogP contribution is -2.30. The van der Waals surface area contributed by atoms with Crippen LogP contribution in [0, 0.1) is 0 Å². The van der Waals surface area contributed by atoms with Gasteiger partial charge in [-0.05, 0) is 84.7 Å². The summed E-state index contributed by atoms with van der Waals surface area (Å²) in [6, 6.07) is 35.6. The van der Waals surface area contributed by atoms with E-state index in [4.69, 9.17) is 4.74 Å². The van der Waals surface area contributed by atoms with E-state index < -0.39 is 23.0 Å². The van der Waals surface area contributed by atoms with Gasteiger partial charge < -0.3 is 20.7 Å². The van der Waals surface area contributed by atoms with Gasteiger partial charge in [-0.15, -0.1) is 23.1 Å². The van der Waals surface area contributed by atoms with Crippen LogP contribution in [0.3, 0.4) is 0 Å². The Hall–Kier alpha value is -5.45. The van der Waals surface area contributed by atoms with E-state index in [0.29, 0.717) is 34.2 Å². The molecule has 1 aliphatic rings. The van der Waals surface area contributed by atoms with Crippen LogP contribution in [0.5, 0.6) is 0 Å². The Morgan fingerprint density at radius 2 is 1.58 bits per heavy atom. The van der Waals surface area contributed by atoms with E-state index in [9.17, 15) is 19.2 Å². The molecular weight excluding hydrogens is 691 g/mol. The molecule has 8 nitrogen and oxygen atoms in total. The number of anilines is 2. The van der Waals surface area contributed by atoms with E-state index in [1.165, 1.54) is 35.8 Å². The summed E-state index contributed by atoms with van der Waals surface area (Å²) in [6.45, 7) is 1.93. The molecule has 0 fully saturated rings. The monoisotopic (exact) mass is 729 g/mol. The summed E-state index contributed by atoms with van der Waals surface area (Å²) in [6.07, 6.45) is 4.59. The lowest BCUT2D eigenvalue weighted by atomic mass is 9.83. The molecule has 10 heteroatoms. The van der Waals surface area contributed by atoms with E-state index in [0.717, 1.165) is 40.2 Å². The number of thioether (sulfide) groups is 1. The van der Waals surface area contributed by atoms with Gasteiger partial charge >= 0.3 is 5.97 Å². The molecule has 3 amide bonds. The number of hydrogen-bond acceptors (Lipinski definition) is 7. The molecule has 1 heterocycles. The van der Waals surface area contributed by atoms with Crippen molar-refractivity contribution in [1.82, 2.24) is 5.32 Å². The lowest BCUT2D eigenvalue weighted by Gasteiger charge is -2.22. The number of fused-ring (bicyclic) bond motifs is 1. The molecular formula is C42H39N3O5S2. The number of carbonyl (C=O) groups excluding carboxylic acids is 4. The number of carbonyl (C=O) groups is 4. The van der Waals surface area contributed by atoms with Crippen molar-refractivity contribution in [2.24, 2.45) is 0 Å². The number of esters is 1. The molecule has 0 bridgehead atoms. The number of benzene rings is 4. The van der Waals surface area contributed by atoms with Gasteiger partial charge in [-0.1, -0.05) is 91.9 Å². The van der Waals surface area contributed by atoms with Crippen LogP contribution < -0.4 is 16.0 Å². The van der Waals surface area contributed by atoms with Gasteiger partial charge in [-0.3, -0.25) is 14.4 Å². The second-order valence-electron chi connectivity index (χ2n) is 12.3. The van der Waals surface area contributed by atoms with Crippen LogP contribution in [0.4, 0.5) is 10.7 Å². The SMILES string of the molecule is CCC(Sc1cccc(NC(=O)/C(=C/c2ccccc2)NC(=O)c2ccccc2)c1)C(=O)Nc1sc2c(c1C(=O)OC)CCC(c1ccccc1)C2. The van der Waals surface area contributed by atoms with Crippen LogP contribution >= 0.6 is 23.1 Å². The van der Waals surface area contributed by atoms with Crippen molar-refractivity contribution < 1.29 is 23.9 Å². The fraction of sp³-hybridized carbons (Fsp3) is 0.190. The van der Waals surface area contributed by atoms with E-state index in [2.05, 4.69) is 28.1 Å². The van der Waals surface area contributed by atoms with Crippen molar-refractivity contribution >= 4 is 63.6 Å². The predicted octanol–water partition coefficient (Wildman–Crippen LogP) is 8.73. The Morgan fingerprint density at radius 1 is 0.885 bits per heavy atom. The van der Waals surface area contributed by atoms with Crippen LogP contribution in [0.1, 0.15) is 68.0 Å². The maximum atomic E-state index is 13.8. The maximum absolute atomic E-state index is 13.8. The first kappa shape index (κ1) is 36.3. The van der Waals surface area contributed by atoms with Crippen molar-refractivity contribution in [3.8, 4) is 0 Å². The number of hydrogen-bond donors (Lipinski definition) is 3. The average molecular weight is 730 g/mol. The van der Waals surface area contributed by atoms with Crippen LogP contribution in [0.25, 0.3) is 6.08 Å². The topological polar surface area (TPSA) is 114 Å². The highest BCUT2D eigenvalue weighted by Gasteiger charge is 2.31. The smallest absolute Gasteiger partial charge is 0.341 e. The lowest BCUT2D eigenvalue weighted by molar-refractivity contribution is -0.116. The normalized spacial score (nSPS) is 14.4. The molecule has 5 aromatic rings. The second-order valence-corrected chi connectivity index (χ2v) is 14.7. The Morgan fingerprint density at radius 3 is 2.27 bits per heavy atom. The summed E-state index contributed by atoms with van der Waals surface area (Å²) >= 11 is 2.83. The van der Waals surface area contributed by atoms with Gasteiger partial charge in [-0.25, -0.2) is 4.79 Å². The summed E-state index contributed by atoms with van der Waals surface area (Å²) in [7, 11) is 1.36. The number of methoxy groups -OCH3 is 1. The van der Waals surface area contributed by atoms with E-state index in [1.807, 2.05) is 67.6 Å². The number of rotatable bonds is 12. The highest BCUT2D eigenvalue weighted by molar-refractivity contribution is 8.00. The molecule has 264 valence electrons. The molecule has 0 saturated heterocycles. The molecule has 1 aliphatic carbocycles. The van der Waals surface area contributed by atoms with Crippen molar-refractivity contribution in [2.45, 2.75) is 48.7 Å². The molecule has 52 heavy (non-hydrogen) atoms. The maximum Gasteiger partial charge on any atom is 0.341 e. The van der Waals surface area contributed by atoms with Crippen molar-refractivity contribution in [3.05, 3.63) is 154 Å². The fourth-order valence-corrected chi connectivity index (χ4v) is 8.52. The Bertz CT molecular complexity index is 2080. The zero-order chi connectivity index (χ0) is 36.5. The van der Waals surface area contributed by atoms with Gasteiger partial charge in [0.2, 0.25) is 5.91 Å². The Balaban J connectivity index is 1.16. The van der Waals surface area contributed by atoms with Gasteiger partial charge in [0, 0.05) is 21.0 Å². The molecule has 3 N–H and O–H groups in total. The summed E-state index contributed by atoms with van der Waals surface area (Å²) in [4.78, 5) is 55.2. The zero-order valence-corrected chi connectivity index (χ0v) is 30.5. The van der Waals surface area contributed by atoms with Crippen molar-refractivity contribution in [1.29, 1.82) is 0 Å². The average Bonchev–Trinajstić information content (AvgIpc) is 3.54. The molecule has 1 aromatic heterocycles. The molecule has 0 saturated carbocycles. The first-order chi connectivity index (χ1) is 25.3. The third-order valence-electron chi connectivity index (χ3n) is 8.84. The second kappa shape index (κ2) is 17.2. The fourth-order valence-electron chi connectivity index (χ4n) is 6.18. The largest absolute Gasteiger partial charge is 0.465 e. The minimum atomic E-state index is -0.494. The highest BCUT2D eigenvalue weighted by atomic mass is 32.2. The third kappa shape index (κ3) is 8.88. The minimum Gasteiger partial charge on any atom is -0.465 e. The number of nitrogens with one attached hydrogen (secondary N) is 3. The van der Waals surface area contributed by atoms with Gasteiger partial charge in [0.15, 0.2) is 0 Å². The summed E-state index contributed by atoms with van der Waals surface area (Å²) in [5, 5.41) is 8.77. The Labute approximate surface area is 311 Å². The van der Waals surface area contributed by atoms with E-state index >= 15 is 0 Å². The molecule has 0 aliphatic heterocycles. The molecule has 0 spiro atoms. The van der Waals surface area contributed by atoms with Crippen LogP contribution in [-0.2, 0) is 27.2 Å². The van der Waals surface area contributed by atoms with E-state index in [1.54, 1.807) is 48.5 Å². The van der Waals surface area contributed by atoms with Crippen LogP contribution in [0.2, 0.25) is 0 Å². The minimum absolute atomic E-state index is 0.0825. The third-order valence-corrected chi connectivity index (χ3v) is 11.4. The van der Waals surface area contributed by atoms with Gasteiger partial charge in [-0.2, -0.15) is 0 Å². The quantitative estimate of drug-likeness (QED) is 0.0673. The van der Waals surface area contributed by atoms with Crippen LogP contribution in [-0.4, -0.2) is 36.1 Å². The first-order valence-corrected chi connectivity index (χ1v) is 18.8. The number of thiophene rings is 1. The van der Waals surface area contributed by atoms with Crippen molar-refractivity contribution in [3.63, 3.8) is 0 Å². The highest BCUT2D eigenvalue weighted by Crippen LogP contribution is 2.43. The molecule has 0 radical (unpaired) electrons. The Kier molecular flexibility index (Phi) is 12.0. The summed E-state index contributed by atoms with van der Waals surface area (Å²) < 4.78 is 5.16. The zero-order valence-electron chi connectivity index (χ0n) is 28.9. The standard InChI is InChI=1S/C42H39N3O5S2/c1-3-35(40(48)45-41-37(42(49)50-2)33-23-22-30(25-36(33)52-41)28-16-9-5-10-17-28)51-32-21-13-20-31(26-32)43-39(47)34(24-27-14-7-4-8-15-27)44-38(46)29-18-11-6-12-19-29/h4-21,24,26,30,35H,3,22-23,25H2,1-2H3,(H,43,47)(H,44,46)(H,45,48)/b34-24-. The molecule has 2 unspecified atom stereocenters. The summed E-state index contributed by atoms with van der Waals surface area (Å²) in [5.74, 6) is -1.22. The van der Waals surface area contributed by atoms with Crippen LogP contribution in [0.15, 0.2) is 126 Å². The molecule has 4 aromatic carbocycles. The first-order valence-electron chi connectivity index (χ1n) is 17.1. The van der Waals surface area contributed by atoms with Crippen molar-refractivity contribution in [2.75, 3.05) is 17.7 Å². The van der Waals surface area contributed by atoms with Gasteiger partial charge in [0.1, 0.15) is 10.7 Å². The molecule has 2 atom stereocenters. The number of amides is 3. The summed E-state index contributed by atoms with van der Waals surface area (Å²) in [5.41, 5.74) is 4.45. The predicted molar refractivity (Wildman–Crippen MR) is 209 cm³/mol.